The Morgan fingerprint density at radius 2 is 2.00 bits per heavy atom. The summed E-state index contributed by atoms with van der Waals surface area (Å²) in [6.45, 7) is 0.668. The maximum Gasteiger partial charge on any atom is 0.126 e. The highest BCUT2D eigenvalue weighted by Crippen LogP contribution is 2.27. The maximum atomic E-state index is 5.56. The van der Waals surface area contributed by atoms with Crippen molar-refractivity contribution in [3.63, 3.8) is 0 Å². The van der Waals surface area contributed by atoms with E-state index in [1.807, 2.05) is 12.1 Å². The molecule has 2 aromatic rings. The molecule has 2 aromatic carbocycles. The molecule has 0 aliphatic heterocycles. The van der Waals surface area contributed by atoms with Crippen molar-refractivity contribution < 1.29 is 4.74 Å². The van der Waals surface area contributed by atoms with Gasteiger partial charge in [-0.2, -0.15) is 0 Å². The summed E-state index contributed by atoms with van der Waals surface area (Å²) < 4.78 is 5.37. The molecule has 0 amide bonds. The van der Waals surface area contributed by atoms with E-state index in [-0.39, 0.29) is 0 Å². The van der Waals surface area contributed by atoms with Gasteiger partial charge in [0.05, 0.1) is 7.11 Å². The first-order valence-corrected chi connectivity index (χ1v) is 5.11. The zero-order valence-electron chi connectivity index (χ0n) is 8.86. The summed E-state index contributed by atoms with van der Waals surface area (Å²) in [7, 11) is 1.70. The van der Waals surface area contributed by atoms with Crippen molar-refractivity contribution in [3.8, 4) is 5.75 Å². The Morgan fingerprint density at radius 3 is 2.73 bits per heavy atom. The van der Waals surface area contributed by atoms with Crippen molar-refractivity contribution in [1.29, 1.82) is 0 Å². The first-order chi connectivity index (χ1) is 7.35. The Hall–Kier alpha value is -1.54. The molecule has 0 bridgehead atoms. The third-order valence-corrected chi connectivity index (χ3v) is 2.54. The lowest BCUT2D eigenvalue weighted by Gasteiger charge is -2.08. The molecule has 0 unspecified atom stereocenters. The SMILES string of the molecule is COc1cc(CCN)cc2ccccc12. The lowest BCUT2D eigenvalue weighted by atomic mass is 10.0. The van der Waals surface area contributed by atoms with E-state index in [0.29, 0.717) is 6.54 Å². The standard InChI is InChI=1S/C13H15NO/c1-15-13-9-10(6-7-14)8-11-4-2-3-5-12(11)13/h2-5,8-9H,6-7,14H2,1H3. The van der Waals surface area contributed by atoms with Crippen LogP contribution in [0.3, 0.4) is 0 Å². The highest BCUT2D eigenvalue weighted by atomic mass is 16.5. The van der Waals surface area contributed by atoms with E-state index in [9.17, 15) is 0 Å². The molecule has 0 heterocycles. The van der Waals surface area contributed by atoms with Crippen LogP contribution in [-0.4, -0.2) is 13.7 Å². The number of benzene rings is 2. The molecule has 0 aliphatic rings. The molecule has 0 aromatic heterocycles. The van der Waals surface area contributed by atoms with Gasteiger partial charge in [-0.1, -0.05) is 30.3 Å². The van der Waals surface area contributed by atoms with Gasteiger partial charge in [-0.15, -0.1) is 0 Å². The molecule has 0 spiro atoms. The predicted octanol–water partition coefficient (Wildman–Crippen LogP) is 2.35. The summed E-state index contributed by atoms with van der Waals surface area (Å²) in [4.78, 5) is 0. The van der Waals surface area contributed by atoms with Crippen molar-refractivity contribution in [2.24, 2.45) is 5.73 Å². The van der Waals surface area contributed by atoms with Gasteiger partial charge in [-0.3, -0.25) is 0 Å². The fraction of sp³-hybridized carbons (Fsp3) is 0.231. The minimum absolute atomic E-state index is 0.668. The van der Waals surface area contributed by atoms with Crippen molar-refractivity contribution in [1.82, 2.24) is 0 Å². The Bertz CT molecular complexity index is 465. The second-order valence-corrected chi connectivity index (χ2v) is 3.56. The lowest BCUT2D eigenvalue weighted by molar-refractivity contribution is 0.419. The van der Waals surface area contributed by atoms with Crippen LogP contribution in [0.5, 0.6) is 5.75 Å². The minimum Gasteiger partial charge on any atom is -0.496 e. The Morgan fingerprint density at radius 1 is 1.20 bits per heavy atom. The van der Waals surface area contributed by atoms with Crippen LogP contribution in [0, 0.1) is 0 Å². The lowest BCUT2D eigenvalue weighted by Crippen LogP contribution is -2.02. The molecule has 2 heteroatoms. The molecule has 2 nitrogen and oxygen atoms in total. The Balaban J connectivity index is 2.60. The summed E-state index contributed by atoms with van der Waals surface area (Å²) in [6.07, 6.45) is 0.890. The van der Waals surface area contributed by atoms with E-state index in [1.54, 1.807) is 7.11 Å². The van der Waals surface area contributed by atoms with Gasteiger partial charge in [-0.05, 0) is 30.0 Å². The Labute approximate surface area is 89.7 Å². The van der Waals surface area contributed by atoms with E-state index in [2.05, 4.69) is 24.3 Å². The fourth-order valence-electron chi connectivity index (χ4n) is 1.81. The van der Waals surface area contributed by atoms with Crippen LogP contribution in [0.15, 0.2) is 36.4 Å². The summed E-state index contributed by atoms with van der Waals surface area (Å²) in [6, 6.07) is 12.5. The summed E-state index contributed by atoms with van der Waals surface area (Å²) >= 11 is 0. The van der Waals surface area contributed by atoms with Crippen LogP contribution < -0.4 is 10.5 Å². The molecule has 15 heavy (non-hydrogen) atoms. The smallest absolute Gasteiger partial charge is 0.126 e. The monoisotopic (exact) mass is 201 g/mol. The van der Waals surface area contributed by atoms with Gasteiger partial charge in [-0.25, -0.2) is 0 Å². The molecule has 2 rings (SSSR count). The second-order valence-electron chi connectivity index (χ2n) is 3.56. The molecular formula is C13H15NO. The number of rotatable bonds is 3. The first kappa shape index (κ1) is 9.99. The van der Waals surface area contributed by atoms with Crippen LogP contribution in [0.1, 0.15) is 5.56 Å². The van der Waals surface area contributed by atoms with Gasteiger partial charge >= 0.3 is 0 Å². The first-order valence-electron chi connectivity index (χ1n) is 5.11. The van der Waals surface area contributed by atoms with Crippen LogP contribution in [-0.2, 0) is 6.42 Å². The topological polar surface area (TPSA) is 35.2 Å². The Kier molecular flexibility index (Phi) is 2.88. The summed E-state index contributed by atoms with van der Waals surface area (Å²) in [5.41, 5.74) is 6.78. The fourth-order valence-corrected chi connectivity index (χ4v) is 1.81. The van der Waals surface area contributed by atoms with Crippen LogP contribution >= 0.6 is 0 Å². The van der Waals surface area contributed by atoms with E-state index in [0.717, 1.165) is 17.6 Å². The maximum absolute atomic E-state index is 5.56. The number of nitrogens with two attached hydrogens (primary N) is 1. The number of hydrogen-bond donors (Lipinski definition) is 1. The van der Waals surface area contributed by atoms with Gasteiger partial charge < -0.3 is 10.5 Å². The molecule has 78 valence electrons. The van der Waals surface area contributed by atoms with E-state index < -0.39 is 0 Å². The van der Waals surface area contributed by atoms with Gasteiger partial charge in [0.25, 0.3) is 0 Å². The highest BCUT2D eigenvalue weighted by molar-refractivity contribution is 5.89. The third kappa shape index (κ3) is 1.95. The van der Waals surface area contributed by atoms with Crippen molar-refractivity contribution in [3.05, 3.63) is 42.0 Å². The van der Waals surface area contributed by atoms with Crippen LogP contribution in [0.4, 0.5) is 0 Å². The van der Waals surface area contributed by atoms with E-state index in [1.165, 1.54) is 10.9 Å². The molecule has 0 radical (unpaired) electrons. The quantitative estimate of drug-likeness (QED) is 0.827. The van der Waals surface area contributed by atoms with Crippen molar-refractivity contribution >= 4 is 10.8 Å². The number of ether oxygens (including phenoxy) is 1. The molecule has 2 N–H and O–H groups in total. The largest absolute Gasteiger partial charge is 0.496 e. The predicted molar refractivity (Wildman–Crippen MR) is 63.3 cm³/mol. The van der Waals surface area contributed by atoms with Gasteiger partial charge in [0.15, 0.2) is 0 Å². The van der Waals surface area contributed by atoms with Gasteiger partial charge in [0.2, 0.25) is 0 Å². The highest BCUT2D eigenvalue weighted by Gasteiger charge is 2.03. The average molecular weight is 201 g/mol. The third-order valence-electron chi connectivity index (χ3n) is 2.54. The van der Waals surface area contributed by atoms with Crippen LogP contribution in [0.25, 0.3) is 10.8 Å². The molecule has 0 aliphatic carbocycles. The molecule has 0 fully saturated rings. The second kappa shape index (κ2) is 4.32. The van der Waals surface area contributed by atoms with Crippen molar-refractivity contribution in [2.75, 3.05) is 13.7 Å². The molecule has 0 saturated heterocycles. The molecule has 0 saturated carbocycles. The molecular weight excluding hydrogens is 186 g/mol. The molecule has 0 atom stereocenters. The summed E-state index contributed by atoms with van der Waals surface area (Å²) in [5.74, 6) is 0.927. The van der Waals surface area contributed by atoms with Gasteiger partial charge in [0.1, 0.15) is 5.75 Å². The zero-order chi connectivity index (χ0) is 10.7. The van der Waals surface area contributed by atoms with Crippen LogP contribution in [0.2, 0.25) is 0 Å². The minimum atomic E-state index is 0.668. The normalized spacial score (nSPS) is 10.5. The number of methoxy groups -OCH3 is 1. The van der Waals surface area contributed by atoms with Gasteiger partial charge in [0, 0.05) is 5.39 Å². The number of hydrogen-bond acceptors (Lipinski definition) is 2. The average Bonchev–Trinajstić information content (AvgIpc) is 2.28. The summed E-state index contributed by atoms with van der Waals surface area (Å²) in [5, 5.41) is 2.36. The van der Waals surface area contributed by atoms with E-state index in [4.69, 9.17) is 10.5 Å². The van der Waals surface area contributed by atoms with E-state index >= 15 is 0 Å². The van der Waals surface area contributed by atoms with Crippen molar-refractivity contribution in [2.45, 2.75) is 6.42 Å². The zero-order valence-corrected chi connectivity index (χ0v) is 8.86. The number of fused-ring (bicyclic) bond motifs is 1.